The van der Waals surface area contributed by atoms with Gasteiger partial charge >= 0.3 is 5.97 Å². The smallest absolute Gasteiger partial charge is 0.309 e. The molecule has 2 aromatic rings. The summed E-state index contributed by atoms with van der Waals surface area (Å²) >= 11 is 1.41. The summed E-state index contributed by atoms with van der Waals surface area (Å²) in [6.07, 6.45) is 1.76. The molecule has 0 radical (unpaired) electrons. The first-order valence-corrected chi connectivity index (χ1v) is 10.6. The van der Waals surface area contributed by atoms with Crippen LogP contribution in [0.2, 0.25) is 0 Å². The van der Waals surface area contributed by atoms with Crippen molar-refractivity contribution in [2.45, 2.75) is 45.8 Å². The number of carbonyl (C=O) groups is 3. The van der Waals surface area contributed by atoms with Crippen LogP contribution in [0.1, 0.15) is 49.3 Å². The molecule has 0 spiro atoms. The molecule has 0 aromatic carbocycles. The van der Waals surface area contributed by atoms with Crippen molar-refractivity contribution in [1.82, 2.24) is 14.7 Å². The minimum absolute atomic E-state index is 0.00123. The quantitative estimate of drug-likeness (QED) is 0.728. The molecule has 0 unspecified atom stereocenters. The first-order valence-electron chi connectivity index (χ1n) is 9.74. The van der Waals surface area contributed by atoms with Crippen molar-refractivity contribution in [3.8, 4) is 0 Å². The summed E-state index contributed by atoms with van der Waals surface area (Å²) < 4.78 is 7.07. The molecule has 2 amide bonds. The van der Waals surface area contributed by atoms with Gasteiger partial charge in [-0.1, -0.05) is 6.07 Å². The Balaban J connectivity index is 1.48. The molecule has 156 valence electrons. The lowest BCUT2D eigenvalue weighted by molar-refractivity contribution is -0.158. The molecule has 3 rings (SSSR count). The summed E-state index contributed by atoms with van der Waals surface area (Å²) in [6, 6.07) is 5.45. The number of amides is 2. The fourth-order valence-electron chi connectivity index (χ4n) is 3.25. The van der Waals surface area contributed by atoms with Crippen LogP contribution < -0.4 is 5.32 Å². The zero-order valence-electron chi connectivity index (χ0n) is 16.8. The largest absolute Gasteiger partial charge is 0.452 e. The van der Waals surface area contributed by atoms with Gasteiger partial charge in [0.15, 0.2) is 6.10 Å². The lowest BCUT2D eigenvalue weighted by atomic mass is 9.97. The lowest BCUT2D eigenvalue weighted by Gasteiger charge is -2.31. The second-order valence-electron chi connectivity index (χ2n) is 7.37. The summed E-state index contributed by atoms with van der Waals surface area (Å²) in [6.45, 7) is 6.48. The molecule has 2 aromatic heterocycles. The van der Waals surface area contributed by atoms with Gasteiger partial charge in [-0.2, -0.15) is 5.10 Å². The fourth-order valence-corrected chi connectivity index (χ4v) is 3.94. The minimum atomic E-state index is -0.913. The predicted molar refractivity (Wildman–Crippen MR) is 110 cm³/mol. The maximum absolute atomic E-state index is 12.5. The van der Waals surface area contributed by atoms with Crippen molar-refractivity contribution in [3.63, 3.8) is 0 Å². The van der Waals surface area contributed by atoms with E-state index in [0.29, 0.717) is 36.6 Å². The molecule has 1 saturated heterocycles. The summed E-state index contributed by atoms with van der Waals surface area (Å²) in [5.41, 5.74) is 0. The number of aromatic nitrogens is 2. The maximum Gasteiger partial charge on any atom is 0.309 e. The molecule has 0 saturated carbocycles. The van der Waals surface area contributed by atoms with E-state index in [1.807, 2.05) is 25.3 Å². The average molecular weight is 419 g/mol. The standard InChI is InChI=1S/C20H26N4O4S/c1-13(2)24-17(6-9-21-24)22-18(25)14(3)28-20(27)15-7-10-23(11-8-15)19(26)16-5-4-12-29-16/h4-6,9,12-15H,7-8,10-11H2,1-3H3,(H,22,25)/t14-/m1/s1. The van der Waals surface area contributed by atoms with Crippen LogP contribution in [0.25, 0.3) is 0 Å². The molecular formula is C20H26N4O4S. The van der Waals surface area contributed by atoms with E-state index in [0.717, 1.165) is 0 Å². The van der Waals surface area contributed by atoms with Crippen LogP contribution >= 0.6 is 11.3 Å². The SMILES string of the molecule is CC(C)n1nccc1NC(=O)[C@@H](C)OC(=O)C1CCN(C(=O)c2cccs2)CC1. The molecule has 1 aliphatic heterocycles. The van der Waals surface area contributed by atoms with Crippen molar-refractivity contribution in [2.24, 2.45) is 5.92 Å². The third kappa shape index (κ3) is 5.03. The van der Waals surface area contributed by atoms with Gasteiger partial charge in [-0.3, -0.25) is 14.4 Å². The number of esters is 1. The van der Waals surface area contributed by atoms with Gasteiger partial charge < -0.3 is 15.0 Å². The molecule has 3 heterocycles. The van der Waals surface area contributed by atoms with Crippen molar-refractivity contribution >= 4 is 34.9 Å². The number of rotatable bonds is 6. The molecule has 29 heavy (non-hydrogen) atoms. The zero-order chi connectivity index (χ0) is 21.0. The fraction of sp³-hybridized carbons (Fsp3) is 0.500. The summed E-state index contributed by atoms with van der Waals surface area (Å²) in [5.74, 6) is -0.534. The van der Waals surface area contributed by atoms with E-state index in [4.69, 9.17) is 4.74 Å². The van der Waals surface area contributed by atoms with Gasteiger partial charge in [0, 0.05) is 25.2 Å². The summed E-state index contributed by atoms with van der Waals surface area (Å²) in [7, 11) is 0. The Bertz CT molecular complexity index is 854. The number of nitrogens with one attached hydrogen (secondary N) is 1. The number of hydrogen-bond donors (Lipinski definition) is 1. The molecule has 9 heteroatoms. The highest BCUT2D eigenvalue weighted by Gasteiger charge is 2.31. The van der Waals surface area contributed by atoms with E-state index in [1.165, 1.54) is 11.3 Å². The first kappa shape index (κ1) is 21.0. The molecule has 1 aliphatic rings. The number of thiophene rings is 1. The van der Waals surface area contributed by atoms with E-state index in [1.54, 1.807) is 34.8 Å². The van der Waals surface area contributed by atoms with E-state index >= 15 is 0 Å². The van der Waals surface area contributed by atoms with Gasteiger partial charge in [-0.05, 0) is 45.1 Å². The monoisotopic (exact) mass is 418 g/mol. The van der Waals surface area contributed by atoms with E-state index in [2.05, 4.69) is 10.4 Å². The molecule has 1 atom stereocenters. The second kappa shape index (κ2) is 9.21. The maximum atomic E-state index is 12.5. The molecule has 1 fully saturated rings. The third-order valence-corrected chi connectivity index (χ3v) is 5.78. The van der Waals surface area contributed by atoms with Crippen molar-refractivity contribution in [3.05, 3.63) is 34.7 Å². The predicted octanol–water partition coefficient (Wildman–Crippen LogP) is 2.95. The molecule has 0 bridgehead atoms. The second-order valence-corrected chi connectivity index (χ2v) is 8.31. The van der Waals surface area contributed by atoms with Crippen LogP contribution in [0.4, 0.5) is 5.82 Å². The van der Waals surface area contributed by atoms with Crippen LogP contribution in [0, 0.1) is 5.92 Å². The van der Waals surface area contributed by atoms with E-state index < -0.39 is 18.0 Å². The number of likely N-dealkylation sites (tertiary alicyclic amines) is 1. The molecule has 8 nitrogen and oxygen atoms in total. The minimum Gasteiger partial charge on any atom is -0.452 e. The van der Waals surface area contributed by atoms with Gasteiger partial charge in [0.05, 0.1) is 17.0 Å². The number of ether oxygens (including phenoxy) is 1. The Labute approximate surface area is 173 Å². The number of piperidine rings is 1. The summed E-state index contributed by atoms with van der Waals surface area (Å²) in [4.78, 5) is 39.7. The van der Waals surface area contributed by atoms with Crippen LogP contribution in [0.3, 0.4) is 0 Å². The zero-order valence-corrected chi connectivity index (χ0v) is 17.6. The lowest BCUT2D eigenvalue weighted by Crippen LogP contribution is -2.41. The van der Waals surface area contributed by atoms with Crippen LogP contribution in [0.5, 0.6) is 0 Å². The highest BCUT2D eigenvalue weighted by molar-refractivity contribution is 7.12. The Kier molecular flexibility index (Phi) is 6.68. The number of carbonyl (C=O) groups excluding carboxylic acids is 3. The first-order chi connectivity index (χ1) is 13.9. The number of hydrogen-bond acceptors (Lipinski definition) is 6. The van der Waals surface area contributed by atoms with Gasteiger partial charge in [-0.15, -0.1) is 11.3 Å². The average Bonchev–Trinajstić information content (AvgIpc) is 3.39. The van der Waals surface area contributed by atoms with Crippen molar-refractivity contribution in [2.75, 3.05) is 18.4 Å². The van der Waals surface area contributed by atoms with Gasteiger partial charge in [0.25, 0.3) is 11.8 Å². The Morgan fingerprint density at radius 3 is 2.55 bits per heavy atom. The van der Waals surface area contributed by atoms with E-state index in [9.17, 15) is 14.4 Å². The Morgan fingerprint density at radius 1 is 1.21 bits per heavy atom. The Morgan fingerprint density at radius 2 is 1.93 bits per heavy atom. The van der Waals surface area contributed by atoms with Crippen LogP contribution in [-0.4, -0.2) is 51.7 Å². The highest BCUT2D eigenvalue weighted by Crippen LogP contribution is 2.22. The van der Waals surface area contributed by atoms with Crippen LogP contribution in [-0.2, 0) is 14.3 Å². The van der Waals surface area contributed by atoms with Gasteiger partial charge in [0.1, 0.15) is 5.82 Å². The van der Waals surface area contributed by atoms with Gasteiger partial charge in [-0.25, -0.2) is 4.68 Å². The van der Waals surface area contributed by atoms with Crippen molar-refractivity contribution in [1.29, 1.82) is 0 Å². The van der Waals surface area contributed by atoms with Gasteiger partial charge in [0.2, 0.25) is 0 Å². The normalized spacial score (nSPS) is 15.9. The van der Waals surface area contributed by atoms with Crippen molar-refractivity contribution < 1.29 is 19.1 Å². The Hall–Kier alpha value is -2.68. The summed E-state index contributed by atoms with van der Waals surface area (Å²) in [5, 5.41) is 8.79. The molecule has 1 N–H and O–H groups in total. The van der Waals surface area contributed by atoms with E-state index in [-0.39, 0.29) is 17.9 Å². The highest BCUT2D eigenvalue weighted by atomic mass is 32.1. The topological polar surface area (TPSA) is 93.5 Å². The third-order valence-electron chi connectivity index (χ3n) is 4.92. The number of nitrogens with zero attached hydrogens (tertiary/aromatic N) is 3. The molecular weight excluding hydrogens is 392 g/mol. The van der Waals surface area contributed by atoms with Crippen LogP contribution in [0.15, 0.2) is 29.8 Å². The molecule has 0 aliphatic carbocycles. The number of anilines is 1.